The first-order chi connectivity index (χ1) is 8.12. The van der Waals surface area contributed by atoms with E-state index in [2.05, 4.69) is 0 Å². The highest BCUT2D eigenvalue weighted by Gasteiger charge is 2.42. The third-order valence-corrected chi connectivity index (χ3v) is 6.48. The van der Waals surface area contributed by atoms with E-state index in [1.807, 2.05) is 0 Å². The summed E-state index contributed by atoms with van der Waals surface area (Å²) in [6, 6.07) is 1.46. The third kappa shape index (κ3) is 2.19. The van der Waals surface area contributed by atoms with Crippen LogP contribution in [-0.2, 0) is 19.9 Å². The molecular weight excluding hydrogens is 278 g/mol. The van der Waals surface area contributed by atoms with E-state index >= 15 is 0 Å². The fraction of sp³-hybridized carbons (Fsp3) is 0.600. The van der Waals surface area contributed by atoms with Crippen LogP contribution in [0.15, 0.2) is 15.4 Å². The van der Waals surface area contributed by atoms with Gasteiger partial charge in [0.25, 0.3) is 0 Å². The first-order valence-electron chi connectivity index (χ1n) is 5.38. The molecule has 0 saturated carbocycles. The van der Waals surface area contributed by atoms with Crippen molar-refractivity contribution in [3.05, 3.63) is 17.6 Å². The average molecular weight is 293 g/mol. The third-order valence-electron chi connectivity index (χ3n) is 3.03. The van der Waals surface area contributed by atoms with Crippen molar-refractivity contribution < 1.29 is 21.3 Å². The Hall–Kier alpha value is -0.860. The summed E-state index contributed by atoms with van der Waals surface area (Å²) in [5.41, 5.74) is 0. The minimum absolute atomic E-state index is 0.0187. The maximum atomic E-state index is 12.2. The Labute approximate surface area is 107 Å². The lowest BCUT2D eigenvalue weighted by Gasteiger charge is -2.36. The molecule has 6 nitrogen and oxygen atoms in total. The quantitative estimate of drug-likeness (QED) is 0.801. The highest BCUT2D eigenvalue weighted by Crippen LogP contribution is 2.28. The van der Waals surface area contributed by atoms with Gasteiger partial charge in [-0.05, 0) is 19.9 Å². The van der Waals surface area contributed by atoms with E-state index in [4.69, 9.17) is 4.42 Å². The zero-order valence-electron chi connectivity index (χ0n) is 10.4. The molecule has 1 saturated heterocycles. The van der Waals surface area contributed by atoms with Crippen LogP contribution in [-0.4, -0.2) is 45.7 Å². The van der Waals surface area contributed by atoms with Gasteiger partial charge in [0, 0.05) is 19.3 Å². The van der Waals surface area contributed by atoms with Crippen LogP contribution in [0.2, 0.25) is 0 Å². The van der Waals surface area contributed by atoms with Crippen molar-refractivity contribution >= 4 is 19.9 Å². The molecule has 0 spiro atoms. The number of furan rings is 1. The lowest BCUT2D eigenvalue weighted by Crippen LogP contribution is -2.56. The van der Waals surface area contributed by atoms with Crippen LogP contribution in [0, 0.1) is 13.8 Å². The van der Waals surface area contributed by atoms with E-state index in [0.29, 0.717) is 11.5 Å². The molecule has 0 unspecified atom stereocenters. The van der Waals surface area contributed by atoms with Crippen molar-refractivity contribution in [2.45, 2.75) is 24.0 Å². The number of hydrogen-bond donors (Lipinski definition) is 0. The second-order valence-electron chi connectivity index (χ2n) is 4.55. The van der Waals surface area contributed by atoms with Gasteiger partial charge >= 0.3 is 0 Å². The molecule has 0 radical (unpaired) electrons. The van der Waals surface area contributed by atoms with Crippen molar-refractivity contribution in [2.24, 2.45) is 0 Å². The molecule has 1 aliphatic heterocycles. The van der Waals surface area contributed by atoms with Crippen LogP contribution >= 0.6 is 0 Å². The predicted molar refractivity (Wildman–Crippen MR) is 65.6 cm³/mol. The van der Waals surface area contributed by atoms with Gasteiger partial charge in [0.15, 0.2) is 9.84 Å². The second-order valence-corrected chi connectivity index (χ2v) is 8.78. The maximum Gasteiger partial charge on any atom is 0.246 e. The highest BCUT2D eigenvalue weighted by molar-refractivity contribution is 7.92. The summed E-state index contributed by atoms with van der Waals surface area (Å²) in [7, 11) is -6.81. The van der Waals surface area contributed by atoms with E-state index in [-0.39, 0.29) is 18.0 Å². The molecule has 8 heteroatoms. The van der Waals surface area contributed by atoms with Crippen LogP contribution in [0.5, 0.6) is 0 Å². The van der Waals surface area contributed by atoms with Gasteiger partial charge in [-0.25, -0.2) is 16.8 Å². The monoisotopic (exact) mass is 293 g/mol. The molecule has 0 bridgehead atoms. The summed E-state index contributed by atoms with van der Waals surface area (Å²) in [6.07, 6.45) is 1.12. The molecule has 0 atom stereocenters. The largest absolute Gasteiger partial charge is 0.465 e. The molecular formula is C10H15NO5S2. The van der Waals surface area contributed by atoms with Crippen molar-refractivity contribution in [1.29, 1.82) is 0 Å². The van der Waals surface area contributed by atoms with Crippen molar-refractivity contribution in [2.75, 3.05) is 19.3 Å². The molecule has 0 aliphatic carbocycles. The standard InChI is InChI=1S/C10H15NO5S2/c1-7-4-10(8(2)16-7)18(14,15)11-5-9(6-11)17(3,12)13/h4,9H,5-6H2,1-3H3. The van der Waals surface area contributed by atoms with Gasteiger partial charge < -0.3 is 4.42 Å². The number of nitrogens with zero attached hydrogens (tertiary/aromatic N) is 1. The van der Waals surface area contributed by atoms with Crippen molar-refractivity contribution in [3.63, 3.8) is 0 Å². The Kier molecular flexibility index (Phi) is 3.07. The molecule has 2 rings (SSSR count). The van der Waals surface area contributed by atoms with Crippen LogP contribution in [0.3, 0.4) is 0 Å². The molecule has 0 amide bonds. The number of aryl methyl sites for hydroxylation is 2. The van der Waals surface area contributed by atoms with Crippen molar-refractivity contribution in [1.82, 2.24) is 4.31 Å². The Balaban J connectivity index is 2.23. The van der Waals surface area contributed by atoms with E-state index in [1.165, 1.54) is 6.07 Å². The van der Waals surface area contributed by atoms with E-state index in [1.54, 1.807) is 13.8 Å². The minimum Gasteiger partial charge on any atom is -0.465 e. The zero-order chi connectivity index (χ0) is 13.7. The SMILES string of the molecule is Cc1cc(S(=O)(=O)N2CC(S(C)(=O)=O)C2)c(C)o1. The highest BCUT2D eigenvalue weighted by atomic mass is 32.2. The second kappa shape index (κ2) is 4.07. The van der Waals surface area contributed by atoms with E-state index < -0.39 is 25.1 Å². The fourth-order valence-electron chi connectivity index (χ4n) is 1.87. The van der Waals surface area contributed by atoms with Gasteiger partial charge in [-0.15, -0.1) is 0 Å². The normalized spacial score (nSPS) is 18.8. The lowest BCUT2D eigenvalue weighted by atomic mass is 10.3. The molecule has 2 heterocycles. The Bertz CT molecular complexity index is 665. The molecule has 1 aliphatic rings. The summed E-state index contributed by atoms with van der Waals surface area (Å²) < 4.78 is 53.2. The van der Waals surface area contributed by atoms with Crippen LogP contribution in [0.1, 0.15) is 11.5 Å². The Morgan fingerprint density at radius 1 is 1.22 bits per heavy atom. The van der Waals surface area contributed by atoms with Gasteiger partial charge in [0.05, 0.1) is 5.25 Å². The van der Waals surface area contributed by atoms with Gasteiger partial charge in [-0.3, -0.25) is 0 Å². The number of sulfonamides is 1. The molecule has 0 aromatic carbocycles. The Morgan fingerprint density at radius 3 is 2.17 bits per heavy atom. The summed E-state index contributed by atoms with van der Waals surface area (Å²) in [4.78, 5) is 0.118. The minimum atomic E-state index is -3.63. The van der Waals surface area contributed by atoms with Gasteiger partial charge in [-0.1, -0.05) is 0 Å². The van der Waals surface area contributed by atoms with Gasteiger partial charge in [-0.2, -0.15) is 4.31 Å². The van der Waals surface area contributed by atoms with Crippen molar-refractivity contribution in [3.8, 4) is 0 Å². The molecule has 0 N–H and O–H groups in total. The maximum absolute atomic E-state index is 12.2. The number of sulfone groups is 1. The van der Waals surface area contributed by atoms with Gasteiger partial charge in [0.2, 0.25) is 10.0 Å². The average Bonchev–Trinajstić information content (AvgIpc) is 2.39. The number of rotatable bonds is 3. The predicted octanol–water partition coefficient (Wildman–Crippen LogP) is 0.314. The first kappa shape index (κ1) is 13.6. The Morgan fingerprint density at radius 2 is 1.78 bits per heavy atom. The van der Waals surface area contributed by atoms with Crippen LogP contribution in [0.4, 0.5) is 0 Å². The summed E-state index contributed by atoms with van der Waals surface area (Å²) in [5.74, 6) is 0.849. The molecule has 102 valence electrons. The van der Waals surface area contributed by atoms with E-state index in [0.717, 1.165) is 10.6 Å². The summed E-state index contributed by atoms with van der Waals surface area (Å²) in [6.45, 7) is 3.28. The number of hydrogen-bond acceptors (Lipinski definition) is 5. The smallest absolute Gasteiger partial charge is 0.246 e. The zero-order valence-corrected chi connectivity index (χ0v) is 12.0. The topological polar surface area (TPSA) is 84.7 Å². The molecule has 1 aromatic heterocycles. The van der Waals surface area contributed by atoms with Crippen LogP contribution < -0.4 is 0 Å². The summed E-state index contributed by atoms with van der Waals surface area (Å²) >= 11 is 0. The van der Waals surface area contributed by atoms with E-state index in [9.17, 15) is 16.8 Å². The van der Waals surface area contributed by atoms with Crippen LogP contribution in [0.25, 0.3) is 0 Å². The first-order valence-corrected chi connectivity index (χ1v) is 8.78. The molecule has 18 heavy (non-hydrogen) atoms. The lowest BCUT2D eigenvalue weighted by molar-refractivity contribution is 0.310. The molecule has 1 fully saturated rings. The fourth-order valence-corrected chi connectivity index (χ4v) is 4.71. The summed E-state index contributed by atoms with van der Waals surface area (Å²) in [5, 5.41) is -0.597. The van der Waals surface area contributed by atoms with Gasteiger partial charge in [0.1, 0.15) is 16.4 Å². The molecule has 1 aromatic rings.